The van der Waals surface area contributed by atoms with E-state index < -0.39 is 0 Å². The molecule has 2 heteroatoms. The fourth-order valence-corrected chi connectivity index (χ4v) is 1.82. The highest BCUT2D eigenvalue weighted by molar-refractivity contribution is 4.67. The molecule has 0 amide bonds. The van der Waals surface area contributed by atoms with Crippen LogP contribution >= 0.6 is 0 Å². The monoisotopic (exact) mass is 170 g/mol. The lowest BCUT2D eigenvalue weighted by Crippen LogP contribution is -2.31. The SMILES string of the molecule is CNCCN1CCCC(C)CC1. The molecule has 0 aromatic rings. The van der Waals surface area contributed by atoms with Gasteiger partial charge in [0.25, 0.3) is 0 Å². The van der Waals surface area contributed by atoms with Gasteiger partial charge < -0.3 is 10.2 Å². The summed E-state index contributed by atoms with van der Waals surface area (Å²) in [6.07, 6.45) is 4.21. The van der Waals surface area contributed by atoms with Gasteiger partial charge in [-0.3, -0.25) is 0 Å². The Bertz CT molecular complexity index is 112. The van der Waals surface area contributed by atoms with Gasteiger partial charge in [-0.2, -0.15) is 0 Å². The fourth-order valence-electron chi connectivity index (χ4n) is 1.82. The van der Waals surface area contributed by atoms with Crippen molar-refractivity contribution in [2.75, 3.05) is 33.2 Å². The van der Waals surface area contributed by atoms with Crippen molar-refractivity contribution in [3.63, 3.8) is 0 Å². The Morgan fingerprint density at radius 3 is 2.92 bits per heavy atom. The largest absolute Gasteiger partial charge is 0.318 e. The lowest BCUT2D eigenvalue weighted by Gasteiger charge is -2.19. The quantitative estimate of drug-likeness (QED) is 0.687. The van der Waals surface area contributed by atoms with E-state index >= 15 is 0 Å². The summed E-state index contributed by atoms with van der Waals surface area (Å²) in [7, 11) is 2.03. The molecule has 0 aromatic carbocycles. The Morgan fingerprint density at radius 2 is 2.17 bits per heavy atom. The third-order valence-electron chi connectivity index (χ3n) is 2.79. The van der Waals surface area contributed by atoms with Gasteiger partial charge in [0.15, 0.2) is 0 Å². The zero-order valence-electron chi connectivity index (χ0n) is 8.47. The first-order chi connectivity index (χ1) is 5.83. The van der Waals surface area contributed by atoms with E-state index in [1.54, 1.807) is 0 Å². The molecule has 0 saturated carbocycles. The van der Waals surface area contributed by atoms with Gasteiger partial charge in [-0.05, 0) is 45.3 Å². The number of likely N-dealkylation sites (N-methyl/N-ethyl adjacent to an activating group) is 1. The number of likely N-dealkylation sites (tertiary alicyclic amines) is 1. The minimum atomic E-state index is 0.949. The van der Waals surface area contributed by atoms with Crippen molar-refractivity contribution in [2.24, 2.45) is 5.92 Å². The van der Waals surface area contributed by atoms with Crippen LogP contribution in [0.2, 0.25) is 0 Å². The fraction of sp³-hybridized carbons (Fsp3) is 1.00. The first kappa shape index (κ1) is 10.0. The van der Waals surface area contributed by atoms with Crippen LogP contribution in [0.25, 0.3) is 0 Å². The van der Waals surface area contributed by atoms with Crippen molar-refractivity contribution in [1.29, 1.82) is 0 Å². The average Bonchev–Trinajstić information content (AvgIpc) is 2.27. The summed E-state index contributed by atoms with van der Waals surface area (Å²) in [5, 5.41) is 3.20. The van der Waals surface area contributed by atoms with Crippen molar-refractivity contribution < 1.29 is 0 Å². The Labute approximate surface area is 76.3 Å². The summed E-state index contributed by atoms with van der Waals surface area (Å²) in [6, 6.07) is 0. The molecule has 72 valence electrons. The van der Waals surface area contributed by atoms with Gasteiger partial charge in [-0.25, -0.2) is 0 Å². The number of nitrogens with one attached hydrogen (secondary N) is 1. The molecule has 1 fully saturated rings. The van der Waals surface area contributed by atoms with Gasteiger partial charge in [-0.1, -0.05) is 6.92 Å². The van der Waals surface area contributed by atoms with Crippen LogP contribution in [0.4, 0.5) is 0 Å². The Morgan fingerprint density at radius 1 is 1.33 bits per heavy atom. The van der Waals surface area contributed by atoms with Crippen LogP contribution in [0.15, 0.2) is 0 Å². The number of rotatable bonds is 3. The molecule has 1 rings (SSSR count). The van der Waals surface area contributed by atoms with Crippen molar-refractivity contribution in [3.05, 3.63) is 0 Å². The van der Waals surface area contributed by atoms with Gasteiger partial charge >= 0.3 is 0 Å². The second-order valence-corrected chi connectivity index (χ2v) is 3.98. The predicted octanol–water partition coefficient (Wildman–Crippen LogP) is 1.33. The molecule has 1 atom stereocenters. The third kappa shape index (κ3) is 3.55. The topological polar surface area (TPSA) is 15.3 Å². The molecule has 1 aliphatic rings. The highest BCUT2D eigenvalue weighted by Crippen LogP contribution is 2.15. The zero-order chi connectivity index (χ0) is 8.81. The highest BCUT2D eigenvalue weighted by Gasteiger charge is 2.12. The molecule has 12 heavy (non-hydrogen) atoms. The van der Waals surface area contributed by atoms with Crippen LogP contribution in [-0.2, 0) is 0 Å². The van der Waals surface area contributed by atoms with Crippen molar-refractivity contribution in [2.45, 2.75) is 26.2 Å². The van der Waals surface area contributed by atoms with E-state index in [-0.39, 0.29) is 0 Å². The first-order valence-corrected chi connectivity index (χ1v) is 5.20. The van der Waals surface area contributed by atoms with Crippen molar-refractivity contribution in [3.8, 4) is 0 Å². The number of hydrogen-bond acceptors (Lipinski definition) is 2. The minimum Gasteiger partial charge on any atom is -0.318 e. The standard InChI is InChI=1S/C10H22N2/c1-10-4-3-7-12(8-5-10)9-6-11-2/h10-11H,3-9H2,1-2H3. The molecule has 1 aliphatic heterocycles. The third-order valence-corrected chi connectivity index (χ3v) is 2.79. The average molecular weight is 170 g/mol. The van der Waals surface area contributed by atoms with Crippen LogP contribution in [-0.4, -0.2) is 38.1 Å². The molecule has 2 nitrogen and oxygen atoms in total. The van der Waals surface area contributed by atoms with Gasteiger partial charge in [-0.15, -0.1) is 0 Å². The van der Waals surface area contributed by atoms with E-state index in [9.17, 15) is 0 Å². The summed E-state index contributed by atoms with van der Waals surface area (Å²) >= 11 is 0. The molecule has 0 bridgehead atoms. The summed E-state index contributed by atoms with van der Waals surface area (Å²) < 4.78 is 0. The van der Waals surface area contributed by atoms with Crippen molar-refractivity contribution in [1.82, 2.24) is 10.2 Å². The van der Waals surface area contributed by atoms with Crippen LogP contribution in [0.5, 0.6) is 0 Å². The molecule has 1 unspecified atom stereocenters. The number of hydrogen-bond donors (Lipinski definition) is 1. The molecular formula is C10H22N2. The smallest absolute Gasteiger partial charge is 0.0107 e. The molecule has 0 aliphatic carbocycles. The van der Waals surface area contributed by atoms with E-state index in [1.165, 1.54) is 38.9 Å². The zero-order valence-corrected chi connectivity index (χ0v) is 8.47. The highest BCUT2D eigenvalue weighted by atomic mass is 15.1. The normalized spacial score (nSPS) is 27.0. The molecule has 1 saturated heterocycles. The maximum absolute atomic E-state index is 3.20. The summed E-state index contributed by atoms with van der Waals surface area (Å²) in [4.78, 5) is 2.58. The maximum atomic E-state index is 3.20. The lowest BCUT2D eigenvalue weighted by atomic mass is 10.0. The molecule has 0 aromatic heterocycles. The molecule has 1 heterocycles. The minimum absolute atomic E-state index is 0.949. The molecular weight excluding hydrogens is 148 g/mol. The number of nitrogens with zero attached hydrogens (tertiary/aromatic N) is 1. The lowest BCUT2D eigenvalue weighted by molar-refractivity contribution is 0.283. The van der Waals surface area contributed by atoms with E-state index in [1.807, 2.05) is 7.05 Å². The summed E-state index contributed by atoms with van der Waals surface area (Å²) in [5.41, 5.74) is 0. The van der Waals surface area contributed by atoms with E-state index in [0.29, 0.717) is 0 Å². The second kappa shape index (κ2) is 5.55. The molecule has 0 radical (unpaired) electrons. The van der Waals surface area contributed by atoms with Crippen molar-refractivity contribution >= 4 is 0 Å². The van der Waals surface area contributed by atoms with Gasteiger partial charge in [0.1, 0.15) is 0 Å². The summed E-state index contributed by atoms with van der Waals surface area (Å²) in [6.45, 7) is 7.36. The van der Waals surface area contributed by atoms with E-state index in [2.05, 4.69) is 17.1 Å². The summed E-state index contributed by atoms with van der Waals surface area (Å²) in [5.74, 6) is 0.949. The molecule has 1 N–H and O–H groups in total. The van der Waals surface area contributed by atoms with Crippen LogP contribution in [0.1, 0.15) is 26.2 Å². The Kier molecular flexibility index (Phi) is 4.62. The van der Waals surface area contributed by atoms with Crippen LogP contribution in [0.3, 0.4) is 0 Å². The van der Waals surface area contributed by atoms with Gasteiger partial charge in [0.2, 0.25) is 0 Å². The van der Waals surface area contributed by atoms with E-state index in [4.69, 9.17) is 0 Å². The van der Waals surface area contributed by atoms with Gasteiger partial charge in [0, 0.05) is 13.1 Å². The van der Waals surface area contributed by atoms with Crippen LogP contribution in [0, 0.1) is 5.92 Å². The second-order valence-electron chi connectivity index (χ2n) is 3.98. The Balaban J connectivity index is 2.17. The Hall–Kier alpha value is -0.0800. The first-order valence-electron chi connectivity index (χ1n) is 5.20. The molecule has 0 spiro atoms. The predicted molar refractivity (Wildman–Crippen MR) is 53.4 cm³/mol. The maximum Gasteiger partial charge on any atom is 0.0107 e. The van der Waals surface area contributed by atoms with Gasteiger partial charge in [0.05, 0.1) is 0 Å². The van der Waals surface area contributed by atoms with Crippen LogP contribution < -0.4 is 5.32 Å². The van der Waals surface area contributed by atoms with E-state index in [0.717, 1.165) is 12.5 Å².